The first kappa shape index (κ1) is 15.5. The van der Waals surface area contributed by atoms with E-state index in [0.29, 0.717) is 31.8 Å². The molecule has 1 saturated carbocycles. The molecule has 0 aromatic heterocycles. The molecule has 22 heavy (non-hydrogen) atoms. The Balaban J connectivity index is 1.86. The van der Waals surface area contributed by atoms with Crippen molar-refractivity contribution in [2.45, 2.75) is 49.2 Å². The number of carbonyl (C=O) groups excluding carboxylic acids is 1. The number of hydrogen-bond acceptors (Lipinski definition) is 3. The normalized spacial score (nSPS) is 21.6. The summed E-state index contributed by atoms with van der Waals surface area (Å²) >= 11 is 0. The quantitative estimate of drug-likeness (QED) is 0.860. The van der Waals surface area contributed by atoms with Crippen LogP contribution in [0.25, 0.3) is 0 Å². The molecule has 2 fully saturated rings. The van der Waals surface area contributed by atoms with Crippen molar-refractivity contribution < 1.29 is 13.2 Å². The van der Waals surface area contributed by atoms with Crippen LogP contribution in [-0.2, 0) is 14.6 Å². The van der Waals surface area contributed by atoms with E-state index in [0.717, 1.165) is 18.4 Å². The zero-order valence-corrected chi connectivity index (χ0v) is 14.0. The topological polar surface area (TPSA) is 54.5 Å². The first-order chi connectivity index (χ1) is 10.4. The first-order valence-electron chi connectivity index (χ1n) is 7.97. The first-order valence-corrected chi connectivity index (χ1v) is 9.46. The van der Waals surface area contributed by atoms with E-state index in [1.165, 1.54) is 0 Å². The van der Waals surface area contributed by atoms with Crippen molar-refractivity contribution >= 4 is 15.7 Å². The van der Waals surface area contributed by atoms with Crippen LogP contribution in [0, 0.1) is 12.8 Å². The summed E-state index contributed by atoms with van der Waals surface area (Å²) in [7, 11) is -3.60. The molecule has 1 saturated heterocycles. The van der Waals surface area contributed by atoms with Crippen LogP contribution in [0.3, 0.4) is 0 Å². The Kier molecular flexibility index (Phi) is 3.79. The number of hydrogen-bond donors (Lipinski definition) is 0. The molecule has 0 unspecified atom stereocenters. The van der Waals surface area contributed by atoms with E-state index >= 15 is 0 Å². The summed E-state index contributed by atoms with van der Waals surface area (Å²) in [5.74, 6) is 0.438. The van der Waals surface area contributed by atoms with Crippen LogP contribution in [0.5, 0.6) is 0 Å². The van der Waals surface area contributed by atoms with E-state index in [-0.39, 0.29) is 10.8 Å². The molecule has 1 aromatic rings. The van der Waals surface area contributed by atoms with Crippen molar-refractivity contribution in [2.75, 3.05) is 13.1 Å². The van der Waals surface area contributed by atoms with Gasteiger partial charge in [0.1, 0.15) is 0 Å². The zero-order valence-electron chi connectivity index (χ0n) is 13.2. The average molecular weight is 321 g/mol. The van der Waals surface area contributed by atoms with Crippen LogP contribution in [-0.4, -0.2) is 37.1 Å². The van der Waals surface area contributed by atoms with E-state index in [9.17, 15) is 13.2 Å². The third-order valence-electron chi connectivity index (χ3n) is 5.01. The summed E-state index contributed by atoms with van der Waals surface area (Å²) in [5, 5.41) is 0. The van der Waals surface area contributed by atoms with Crippen molar-refractivity contribution in [1.82, 2.24) is 4.90 Å². The summed E-state index contributed by atoms with van der Waals surface area (Å²) < 4.78 is 24.7. The van der Waals surface area contributed by atoms with Crippen LogP contribution in [0.2, 0.25) is 0 Å². The van der Waals surface area contributed by atoms with Gasteiger partial charge >= 0.3 is 0 Å². The Morgan fingerprint density at radius 1 is 1.14 bits per heavy atom. The van der Waals surface area contributed by atoms with Crippen molar-refractivity contribution in [3.63, 3.8) is 0 Å². The van der Waals surface area contributed by atoms with Gasteiger partial charge in [0, 0.05) is 13.1 Å². The lowest BCUT2D eigenvalue weighted by Crippen LogP contribution is -2.47. The molecule has 1 amide bonds. The smallest absolute Gasteiger partial charge is 0.244 e. The van der Waals surface area contributed by atoms with Crippen LogP contribution in [0.15, 0.2) is 29.2 Å². The van der Waals surface area contributed by atoms with Crippen LogP contribution < -0.4 is 0 Å². The largest absolute Gasteiger partial charge is 0.341 e. The van der Waals surface area contributed by atoms with Gasteiger partial charge in [-0.3, -0.25) is 4.79 Å². The van der Waals surface area contributed by atoms with Crippen molar-refractivity contribution in [3.05, 3.63) is 29.8 Å². The van der Waals surface area contributed by atoms with Gasteiger partial charge in [-0.15, -0.1) is 0 Å². The molecule has 1 aromatic carbocycles. The maximum absolute atomic E-state index is 12.9. The van der Waals surface area contributed by atoms with Crippen LogP contribution >= 0.6 is 0 Å². The molecule has 1 heterocycles. The predicted octanol–water partition coefficient (Wildman–Crippen LogP) is 2.56. The number of sulfone groups is 1. The maximum atomic E-state index is 12.9. The van der Waals surface area contributed by atoms with Crippen molar-refractivity contribution in [2.24, 2.45) is 5.92 Å². The lowest BCUT2D eigenvalue weighted by Gasteiger charge is -2.33. The van der Waals surface area contributed by atoms with E-state index in [1.807, 2.05) is 6.92 Å². The van der Waals surface area contributed by atoms with Gasteiger partial charge in [0.25, 0.3) is 0 Å². The summed E-state index contributed by atoms with van der Waals surface area (Å²) in [6.07, 6.45) is 2.83. The fraction of sp³-hybridized carbons (Fsp3) is 0.588. The maximum Gasteiger partial charge on any atom is 0.244 e. The predicted molar refractivity (Wildman–Crippen MR) is 85.3 cm³/mol. The van der Waals surface area contributed by atoms with Gasteiger partial charge in [-0.05, 0) is 50.7 Å². The number of likely N-dealkylation sites (tertiary alicyclic amines) is 1. The summed E-state index contributed by atoms with van der Waals surface area (Å²) in [4.78, 5) is 14.9. The molecular weight excluding hydrogens is 298 g/mol. The van der Waals surface area contributed by atoms with Gasteiger partial charge in [-0.2, -0.15) is 0 Å². The highest BCUT2D eigenvalue weighted by Gasteiger charge is 2.62. The molecule has 3 rings (SSSR count). The lowest BCUT2D eigenvalue weighted by molar-refractivity contribution is -0.132. The van der Waals surface area contributed by atoms with Gasteiger partial charge < -0.3 is 4.90 Å². The zero-order chi connectivity index (χ0) is 16.0. The van der Waals surface area contributed by atoms with E-state index in [1.54, 1.807) is 29.2 Å². The molecule has 1 aliphatic carbocycles. The van der Waals surface area contributed by atoms with Gasteiger partial charge in [-0.25, -0.2) is 8.42 Å². The molecule has 1 aliphatic heterocycles. The third kappa shape index (κ3) is 2.45. The Morgan fingerprint density at radius 3 is 2.18 bits per heavy atom. The van der Waals surface area contributed by atoms with Gasteiger partial charge in [0.05, 0.1) is 4.90 Å². The minimum absolute atomic E-state index is 0.181. The number of amides is 1. The van der Waals surface area contributed by atoms with E-state index < -0.39 is 14.6 Å². The van der Waals surface area contributed by atoms with E-state index in [2.05, 4.69) is 6.92 Å². The molecule has 0 N–H and O–H groups in total. The second-order valence-electron chi connectivity index (χ2n) is 6.79. The number of piperidine rings is 1. The Labute approximate surface area is 132 Å². The molecule has 5 heteroatoms. The highest BCUT2D eigenvalue weighted by Crippen LogP contribution is 2.48. The number of benzene rings is 1. The highest BCUT2D eigenvalue weighted by molar-refractivity contribution is 7.94. The third-order valence-corrected chi connectivity index (χ3v) is 7.51. The average Bonchev–Trinajstić information content (AvgIpc) is 3.30. The molecular formula is C17H23NO3S. The van der Waals surface area contributed by atoms with E-state index in [4.69, 9.17) is 0 Å². The molecule has 4 nitrogen and oxygen atoms in total. The van der Waals surface area contributed by atoms with Crippen molar-refractivity contribution in [1.29, 1.82) is 0 Å². The second kappa shape index (κ2) is 5.37. The van der Waals surface area contributed by atoms with Gasteiger partial charge in [-0.1, -0.05) is 24.6 Å². The Hall–Kier alpha value is -1.36. The Bertz CT molecular complexity index is 666. The number of rotatable bonds is 3. The van der Waals surface area contributed by atoms with Crippen LogP contribution in [0.4, 0.5) is 0 Å². The minimum Gasteiger partial charge on any atom is -0.341 e. The number of carbonyl (C=O) groups is 1. The molecule has 120 valence electrons. The molecule has 0 atom stereocenters. The number of nitrogens with zero attached hydrogens (tertiary/aromatic N) is 1. The second-order valence-corrected chi connectivity index (χ2v) is 9.05. The fourth-order valence-electron chi connectivity index (χ4n) is 3.15. The standard InChI is InChI=1S/C17H23NO3S/c1-13-3-5-15(6-4-13)22(20,21)17(9-10-17)16(19)18-11-7-14(2)8-12-18/h3-6,14H,7-12H2,1-2H3. The monoisotopic (exact) mass is 321 g/mol. The summed E-state index contributed by atoms with van der Waals surface area (Å²) in [5.41, 5.74) is 1.01. The SMILES string of the molecule is Cc1ccc(S(=O)(=O)C2(C(=O)N3CCC(C)CC3)CC2)cc1. The minimum atomic E-state index is -3.60. The molecule has 0 radical (unpaired) electrons. The van der Waals surface area contributed by atoms with Crippen molar-refractivity contribution in [3.8, 4) is 0 Å². The Morgan fingerprint density at radius 2 is 1.68 bits per heavy atom. The van der Waals surface area contributed by atoms with Crippen LogP contribution in [0.1, 0.15) is 38.2 Å². The highest BCUT2D eigenvalue weighted by atomic mass is 32.2. The molecule has 0 spiro atoms. The fourth-order valence-corrected chi connectivity index (χ4v) is 5.10. The molecule has 2 aliphatic rings. The van der Waals surface area contributed by atoms with Gasteiger partial charge in [0.2, 0.25) is 5.91 Å². The molecule has 0 bridgehead atoms. The summed E-state index contributed by atoms with van der Waals surface area (Å²) in [6.45, 7) is 5.47. The lowest BCUT2D eigenvalue weighted by atomic mass is 9.99. The van der Waals surface area contributed by atoms with Gasteiger partial charge in [0.15, 0.2) is 14.6 Å². The number of aryl methyl sites for hydroxylation is 1. The summed E-state index contributed by atoms with van der Waals surface area (Å²) in [6, 6.07) is 6.82.